The molecule has 0 bridgehead atoms. The molecule has 1 aliphatic carbocycles. The van der Waals surface area contributed by atoms with Gasteiger partial charge in [0.15, 0.2) is 0 Å². The van der Waals surface area contributed by atoms with Gasteiger partial charge in [-0.2, -0.15) is 0 Å². The van der Waals surface area contributed by atoms with Crippen LogP contribution in [-0.4, -0.2) is 55.2 Å². The van der Waals surface area contributed by atoms with E-state index >= 15 is 0 Å². The van der Waals surface area contributed by atoms with E-state index in [4.69, 9.17) is 0 Å². The minimum Gasteiger partial charge on any atom is -0.390 e. The normalized spacial score (nSPS) is 19.0. The van der Waals surface area contributed by atoms with Crippen molar-refractivity contribution in [2.24, 2.45) is 5.92 Å². The zero-order valence-electron chi connectivity index (χ0n) is 21.8. The third-order valence-electron chi connectivity index (χ3n) is 7.19. The summed E-state index contributed by atoms with van der Waals surface area (Å²) in [6, 6.07) is 15.0. The van der Waals surface area contributed by atoms with E-state index in [-0.39, 0.29) is 11.8 Å². The lowest BCUT2D eigenvalue weighted by Crippen LogP contribution is -2.49. The van der Waals surface area contributed by atoms with E-state index in [0.717, 1.165) is 49.2 Å². The Hall–Kier alpha value is -3.16. The molecule has 2 aromatic carbocycles. The van der Waals surface area contributed by atoms with E-state index in [2.05, 4.69) is 28.1 Å². The van der Waals surface area contributed by atoms with Crippen LogP contribution >= 0.6 is 0 Å². The van der Waals surface area contributed by atoms with Crippen LogP contribution in [0.5, 0.6) is 0 Å². The average molecular weight is 505 g/mol. The smallest absolute Gasteiger partial charge is 0.251 e. The molecule has 198 valence electrons. The lowest BCUT2D eigenvalue weighted by Gasteiger charge is -2.26. The van der Waals surface area contributed by atoms with Crippen LogP contribution in [0.25, 0.3) is 0 Å². The van der Waals surface area contributed by atoms with Crippen LogP contribution in [0, 0.1) is 5.92 Å². The van der Waals surface area contributed by atoms with Crippen molar-refractivity contribution < 1.29 is 14.7 Å². The molecular formula is C30H40N4O3. The van der Waals surface area contributed by atoms with Crippen molar-refractivity contribution in [2.45, 2.75) is 57.6 Å². The summed E-state index contributed by atoms with van der Waals surface area (Å²) in [4.78, 5) is 27.6. The van der Waals surface area contributed by atoms with Crippen LogP contribution in [0.1, 0.15) is 54.9 Å². The Morgan fingerprint density at radius 1 is 1.16 bits per heavy atom. The quantitative estimate of drug-likeness (QED) is 0.329. The van der Waals surface area contributed by atoms with Gasteiger partial charge in [-0.25, -0.2) is 0 Å². The molecule has 2 aliphatic rings. The van der Waals surface area contributed by atoms with Crippen molar-refractivity contribution >= 4 is 23.2 Å². The molecule has 0 radical (unpaired) electrons. The molecule has 3 atom stereocenters. The molecule has 0 spiro atoms. The van der Waals surface area contributed by atoms with Crippen molar-refractivity contribution in [1.82, 2.24) is 10.6 Å². The number of hydrogen-bond donors (Lipinski definition) is 4. The highest BCUT2D eigenvalue weighted by Gasteiger charge is 2.26. The van der Waals surface area contributed by atoms with Crippen LogP contribution in [0.3, 0.4) is 0 Å². The summed E-state index contributed by atoms with van der Waals surface area (Å²) < 4.78 is 0. The number of allylic oxidation sites excluding steroid dienone is 2. The van der Waals surface area contributed by atoms with Crippen molar-refractivity contribution in [3.05, 3.63) is 71.8 Å². The van der Waals surface area contributed by atoms with Gasteiger partial charge < -0.3 is 26.0 Å². The molecule has 7 nitrogen and oxygen atoms in total. The number of aliphatic hydroxyl groups is 1. The molecule has 4 rings (SSSR count). The summed E-state index contributed by atoms with van der Waals surface area (Å²) in [7, 11) is 0. The number of carbonyl (C=O) groups excluding carboxylic acids is 2. The summed E-state index contributed by atoms with van der Waals surface area (Å²) in [5, 5.41) is 20.9. The molecule has 1 heterocycles. The zero-order valence-corrected chi connectivity index (χ0v) is 21.8. The number of benzene rings is 2. The highest BCUT2D eigenvalue weighted by atomic mass is 16.3. The van der Waals surface area contributed by atoms with Gasteiger partial charge in [-0.3, -0.25) is 9.59 Å². The number of aliphatic hydroxyl groups excluding tert-OH is 1. The summed E-state index contributed by atoms with van der Waals surface area (Å²) in [5.41, 5.74) is 3.05. The van der Waals surface area contributed by atoms with Crippen LogP contribution < -0.4 is 20.9 Å². The largest absolute Gasteiger partial charge is 0.390 e. The molecule has 37 heavy (non-hydrogen) atoms. The molecule has 1 saturated heterocycles. The summed E-state index contributed by atoms with van der Waals surface area (Å²) in [6.07, 6.45) is 8.92. The molecule has 2 aromatic rings. The molecule has 4 N–H and O–H groups in total. The highest BCUT2D eigenvalue weighted by molar-refractivity contribution is 6.00. The standard InChI is InChI=1S/C30H40N4O3/c1-2-32-25-17-24(18-26(19-25)34-15-9-14-29(34)36)30(37)33-27(16-22-10-5-3-6-11-22)28(35)21-31-20-23-12-7-4-8-13-23/h3-7,10-11,17-19,23,27-28,31-32,35H,2,8-9,12-16,20-21H2,1H3,(H,33,37)/t23?,27-,28-/m0/s1. The minimum absolute atomic E-state index is 0.0805. The zero-order chi connectivity index (χ0) is 26.0. The van der Waals surface area contributed by atoms with Gasteiger partial charge in [-0.1, -0.05) is 42.5 Å². The Morgan fingerprint density at radius 3 is 2.70 bits per heavy atom. The molecule has 1 fully saturated rings. The van der Waals surface area contributed by atoms with Gasteiger partial charge in [0.05, 0.1) is 12.1 Å². The monoisotopic (exact) mass is 504 g/mol. The van der Waals surface area contributed by atoms with Crippen LogP contribution in [0.4, 0.5) is 11.4 Å². The predicted octanol–water partition coefficient (Wildman–Crippen LogP) is 3.89. The molecular weight excluding hydrogens is 464 g/mol. The number of nitrogens with one attached hydrogen (secondary N) is 3. The van der Waals surface area contributed by atoms with Crippen LogP contribution in [0.15, 0.2) is 60.7 Å². The molecule has 0 aromatic heterocycles. The number of amides is 2. The Balaban J connectivity index is 1.48. The predicted molar refractivity (Wildman–Crippen MR) is 149 cm³/mol. The lowest BCUT2D eigenvalue weighted by atomic mass is 9.94. The van der Waals surface area contributed by atoms with Gasteiger partial charge in [0.1, 0.15) is 0 Å². The first kappa shape index (κ1) is 26.9. The second kappa shape index (κ2) is 13.4. The van der Waals surface area contributed by atoms with Crippen LogP contribution in [0.2, 0.25) is 0 Å². The Kier molecular flexibility index (Phi) is 9.74. The number of carbonyl (C=O) groups is 2. The van der Waals surface area contributed by atoms with Gasteiger partial charge in [0.2, 0.25) is 5.91 Å². The average Bonchev–Trinajstić information content (AvgIpc) is 3.35. The maximum absolute atomic E-state index is 13.5. The van der Waals surface area contributed by atoms with E-state index < -0.39 is 12.1 Å². The van der Waals surface area contributed by atoms with Gasteiger partial charge in [0, 0.05) is 43.0 Å². The minimum atomic E-state index is -0.750. The second-order valence-corrected chi connectivity index (χ2v) is 10.1. The van der Waals surface area contributed by atoms with Gasteiger partial charge in [-0.05, 0) is 75.3 Å². The lowest BCUT2D eigenvalue weighted by molar-refractivity contribution is -0.117. The van der Waals surface area contributed by atoms with Crippen molar-refractivity contribution in [2.75, 3.05) is 36.4 Å². The van der Waals surface area contributed by atoms with Gasteiger partial charge >= 0.3 is 0 Å². The number of rotatable bonds is 12. The maximum Gasteiger partial charge on any atom is 0.251 e. The second-order valence-electron chi connectivity index (χ2n) is 10.1. The van der Waals surface area contributed by atoms with Crippen molar-refractivity contribution in [3.8, 4) is 0 Å². The maximum atomic E-state index is 13.5. The summed E-state index contributed by atoms with van der Waals surface area (Å²) in [6.45, 7) is 4.62. The number of anilines is 2. The topological polar surface area (TPSA) is 93.7 Å². The molecule has 1 aliphatic heterocycles. The van der Waals surface area contributed by atoms with E-state index in [9.17, 15) is 14.7 Å². The number of nitrogens with zero attached hydrogens (tertiary/aromatic N) is 1. The fourth-order valence-electron chi connectivity index (χ4n) is 5.15. The Labute approximate surface area is 220 Å². The molecule has 1 unspecified atom stereocenters. The van der Waals surface area contributed by atoms with E-state index in [0.29, 0.717) is 44.0 Å². The van der Waals surface area contributed by atoms with Gasteiger partial charge in [0.25, 0.3) is 5.91 Å². The molecule has 2 amide bonds. The molecule has 7 heteroatoms. The van der Waals surface area contributed by atoms with Crippen molar-refractivity contribution in [3.63, 3.8) is 0 Å². The van der Waals surface area contributed by atoms with Crippen LogP contribution in [-0.2, 0) is 11.2 Å². The van der Waals surface area contributed by atoms with E-state index in [1.165, 1.54) is 0 Å². The first-order valence-corrected chi connectivity index (χ1v) is 13.6. The third kappa shape index (κ3) is 7.66. The number of hydrogen-bond acceptors (Lipinski definition) is 5. The van der Waals surface area contributed by atoms with E-state index in [1.54, 1.807) is 11.0 Å². The molecule has 0 saturated carbocycles. The first-order chi connectivity index (χ1) is 18.0. The fraction of sp³-hybridized carbons (Fsp3) is 0.467. The summed E-state index contributed by atoms with van der Waals surface area (Å²) in [5.74, 6) is 0.404. The van der Waals surface area contributed by atoms with Gasteiger partial charge in [-0.15, -0.1) is 0 Å². The summed E-state index contributed by atoms with van der Waals surface area (Å²) >= 11 is 0. The first-order valence-electron chi connectivity index (χ1n) is 13.6. The van der Waals surface area contributed by atoms with Crippen molar-refractivity contribution in [1.29, 1.82) is 0 Å². The SMILES string of the molecule is CCNc1cc(C(=O)N[C@@H](Cc2ccccc2)[C@@H](O)CNCC2CC=CCC2)cc(N2CCCC2=O)c1. The fourth-order valence-corrected chi connectivity index (χ4v) is 5.15. The van der Waals surface area contributed by atoms with E-state index in [1.807, 2.05) is 49.4 Å². The Bertz CT molecular complexity index is 1070. The Morgan fingerprint density at radius 2 is 2.00 bits per heavy atom. The highest BCUT2D eigenvalue weighted by Crippen LogP contribution is 2.27. The third-order valence-corrected chi connectivity index (χ3v) is 7.19.